The minimum absolute atomic E-state index is 0.0154. The number of benzene rings is 1. The Morgan fingerprint density at radius 2 is 1.86 bits per heavy atom. The average molecular weight is 293 g/mol. The lowest BCUT2D eigenvalue weighted by Crippen LogP contribution is -2.26. The Morgan fingerprint density at radius 1 is 1.29 bits per heavy atom. The lowest BCUT2D eigenvalue weighted by Gasteiger charge is -2.23. The van der Waals surface area contributed by atoms with Crippen LogP contribution in [0.4, 0.5) is 5.69 Å². The zero-order valence-corrected chi connectivity index (χ0v) is 13.0. The van der Waals surface area contributed by atoms with Gasteiger partial charge in [0, 0.05) is 30.8 Å². The lowest BCUT2D eigenvalue weighted by atomic mass is 10.2. The van der Waals surface area contributed by atoms with Gasteiger partial charge in [0.15, 0.2) is 0 Å². The Bertz CT molecular complexity index is 503. The van der Waals surface area contributed by atoms with E-state index in [2.05, 4.69) is 32.8 Å². The van der Waals surface area contributed by atoms with E-state index in [9.17, 15) is 15.2 Å². The number of nitro groups is 1. The molecule has 0 aliphatic rings. The molecule has 6 nitrogen and oxygen atoms in total. The number of phenolic OH excluding ortho intramolecular Hbond substituents is 1. The Labute approximate surface area is 125 Å². The summed E-state index contributed by atoms with van der Waals surface area (Å²) < 4.78 is 0. The quantitative estimate of drug-likeness (QED) is 0.475. The highest BCUT2D eigenvalue weighted by atomic mass is 16.6. The van der Waals surface area contributed by atoms with Gasteiger partial charge in [0.25, 0.3) is 5.69 Å². The van der Waals surface area contributed by atoms with E-state index in [1.165, 1.54) is 24.4 Å². The van der Waals surface area contributed by atoms with Crippen molar-refractivity contribution in [2.75, 3.05) is 13.1 Å². The monoisotopic (exact) mass is 293 g/mol. The molecule has 0 atom stereocenters. The highest BCUT2D eigenvalue weighted by Crippen LogP contribution is 2.21. The van der Waals surface area contributed by atoms with E-state index in [0.29, 0.717) is 17.4 Å². The van der Waals surface area contributed by atoms with E-state index in [1.807, 2.05) is 5.01 Å². The fraction of sp³-hybridized carbons (Fsp3) is 0.533. The van der Waals surface area contributed by atoms with Gasteiger partial charge in [-0.15, -0.1) is 0 Å². The Kier molecular flexibility index (Phi) is 6.14. The van der Waals surface area contributed by atoms with Crippen molar-refractivity contribution in [2.45, 2.75) is 27.7 Å². The molecule has 0 fully saturated rings. The molecule has 0 bridgehead atoms. The van der Waals surface area contributed by atoms with Crippen LogP contribution in [0, 0.1) is 22.0 Å². The molecule has 0 radical (unpaired) electrons. The molecule has 1 aromatic rings. The molecule has 0 amide bonds. The van der Waals surface area contributed by atoms with E-state index >= 15 is 0 Å². The van der Waals surface area contributed by atoms with E-state index in [1.54, 1.807) is 0 Å². The predicted octanol–water partition coefficient (Wildman–Crippen LogP) is 3.25. The maximum absolute atomic E-state index is 10.8. The van der Waals surface area contributed by atoms with Crippen LogP contribution in [0.15, 0.2) is 23.3 Å². The van der Waals surface area contributed by atoms with Crippen LogP contribution in [0.3, 0.4) is 0 Å². The molecule has 0 saturated carbocycles. The first-order valence-electron chi connectivity index (χ1n) is 7.06. The normalized spacial score (nSPS) is 11.5. The zero-order chi connectivity index (χ0) is 16.0. The highest BCUT2D eigenvalue weighted by molar-refractivity contribution is 5.84. The summed E-state index contributed by atoms with van der Waals surface area (Å²) in [6, 6.07) is 3.91. The molecule has 0 heterocycles. The SMILES string of the molecule is CC(C)CN(CC(C)C)/N=C/c1cc([N+](=O)[O-])ccc1O. The van der Waals surface area contributed by atoms with Gasteiger partial charge in [0.1, 0.15) is 5.75 Å². The third-order valence-corrected chi connectivity index (χ3v) is 2.73. The molecule has 1 aromatic carbocycles. The molecule has 116 valence electrons. The summed E-state index contributed by atoms with van der Waals surface area (Å²) in [5, 5.41) is 26.8. The number of hydrazone groups is 1. The highest BCUT2D eigenvalue weighted by Gasteiger charge is 2.10. The number of phenols is 1. The largest absolute Gasteiger partial charge is 0.507 e. The van der Waals surface area contributed by atoms with E-state index in [-0.39, 0.29) is 11.4 Å². The molecule has 0 spiro atoms. The summed E-state index contributed by atoms with van der Waals surface area (Å²) >= 11 is 0. The predicted molar refractivity (Wildman–Crippen MR) is 83.6 cm³/mol. The van der Waals surface area contributed by atoms with Crippen molar-refractivity contribution in [2.24, 2.45) is 16.9 Å². The number of rotatable bonds is 7. The summed E-state index contributed by atoms with van der Waals surface area (Å²) in [4.78, 5) is 10.3. The molecule has 1 rings (SSSR count). The summed E-state index contributed by atoms with van der Waals surface area (Å²) in [5.41, 5.74) is 0.287. The second-order valence-corrected chi connectivity index (χ2v) is 5.90. The second kappa shape index (κ2) is 7.61. The van der Waals surface area contributed by atoms with Gasteiger partial charge in [0.2, 0.25) is 0 Å². The summed E-state index contributed by atoms with van der Waals surface area (Å²) in [6.45, 7) is 10.0. The zero-order valence-electron chi connectivity index (χ0n) is 13.0. The number of non-ortho nitro benzene ring substituents is 1. The molecule has 6 heteroatoms. The molecule has 0 saturated heterocycles. The van der Waals surface area contributed by atoms with Crippen LogP contribution in [-0.2, 0) is 0 Å². The first-order chi connectivity index (χ1) is 9.79. The molecule has 0 aliphatic heterocycles. The molecule has 21 heavy (non-hydrogen) atoms. The van der Waals surface area contributed by atoms with Gasteiger partial charge < -0.3 is 5.11 Å². The van der Waals surface area contributed by atoms with Gasteiger partial charge in [-0.2, -0.15) is 5.10 Å². The van der Waals surface area contributed by atoms with Crippen LogP contribution in [-0.4, -0.2) is 34.3 Å². The Morgan fingerprint density at radius 3 is 2.33 bits per heavy atom. The van der Waals surface area contributed by atoms with Crippen molar-refractivity contribution in [1.29, 1.82) is 0 Å². The van der Waals surface area contributed by atoms with Crippen molar-refractivity contribution < 1.29 is 10.0 Å². The van der Waals surface area contributed by atoms with Gasteiger partial charge in [-0.3, -0.25) is 15.1 Å². The average Bonchev–Trinajstić information content (AvgIpc) is 2.35. The third-order valence-electron chi connectivity index (χ3n) is 2.73. The van der Waals surface area contributed by atoms with Crippen LogP contribution < -0.4 is 0 Å². The van der Waals surface area contributed by atoms with Gasteiger partial charge in [-0.1, -0.05) is 27.7 Å². The Hall–Kier alpha value is -2.11. The molecule has 0 aromatic heterocycles. The van der Waals surface area contributed by atoms with Crippen molar-refractivity contribution in [3.63, 3.8) is 0 Å². The molecular weight excluding hydrogens is 270 g/mol. The first kappa shape index (κ1) is 16.9. The van der Waals surface area contributed by atoms with Crippen molar-refractivity contribution in [1.82, 2.24) is 5.01 Å². The van der Waals surface area contributed by atoms with Crippen molar-refractivity contribution >= 4 is 11.9 Å². The standard InChI is InChI=1S/C15H23N3O3/c1-11(2)9-17(10-12(3)4)16-8-13-7-14(18(20)21)5-6-15(13)19/h5-8,11-12,19H,9-10H2,1-4H3/b16-8+. The van der Waals surface area contributed by atoms with Crippen LogP contribution in [0.1, 0.15) is 33.3 Å². The van der Waals surface area contributed by atoms with Crippen LogP contribution >= 0.6 is 0 Å². The minimum Gasteiger partial charge on any atom is -0.507 e. The minimum atomic E-state index is -0.489. The number of aromatic hydroxyl groups is 1. The lowest BCUT2D eigenvalue weighted by molar-refractivity contribution is -0.384. The second-order valence-electron chi connectivity index (χ2n) is 5.90. The third kappa shape index (κ3) is 5.81. The van der Waals surface area contributed by atoms with Crippen LogP contribution in [0.2, 0.25) is 0 Å². The van der Waals surface area contributed by atoms with E-state index in [4.69, 9.17) is 0 Å². The maximum Gasteiger partial charge on any atom is 0.270 e. The molecule has 1 N–H and O–H groups in total. The summed E-state index contributed by atoms with van der Waals surface area (Å²) in [6.07, 6.45) is 1.48. The molecular formula is C15H23N3O3. The summed E-state index contributed by atoms with van der Waals surface area (Å²) in [7, 11) is 0. The van der Waals surface area contributed by atoms with Gasteiger partial charge >= 0.3 is 0 Å². The number of hydrogen-bond donors (Lipinski definition) is 1. The number of nitrogens with zero attached hydrogens (tertiary/aromatic N) is 3. The fourth-order valence-corrected chi connectivity index (χ4v) is 1.91. The van der Waals surface area contributed by atoms with E-state index in [0.717, 1.165) is 13.1 Å². The fourth-order valence-electron chi connectivity index (χ4n) is 1.91. The van der Waals surface area contributed by atoms with Crippen LogP contribution in [0.25, 0.3) is 0 Å². The van der Waals surface area contributed by atoms with E-state index < -0.39 is 4.92 Å². The van der Waals surface area contributed by atoms with Crippen molar-refractivity contribution in [3.8, 4) is 5.75 Å². The number of hydrogen-bond acceptors (Lipinski definition) is 5. The Balaban J connectivity index is 2.94. The van der Waals surface area contributed by atoms with Gasteiger partial charge in [0.05, 0.1) is 11.1 Å². The smallest absolute Gasteiger partial charge is 0.270 e. The first-order valence-corrected chi connectivity index (χ1v) is 7.06. The number of nitro benzene ring substituents is 1. The van der Waals surface area contributed by atoms with Crippen molar-refractivity contribution in [3.05, 3.63) is 33.9 Å². The van der Waals surface area contributed by atoms with Gasteiger partial charge in [-0.25, -0.2) is 0 Å². The van der Waals surface area contributed by atoms with Crippen LogP contribution in [0.5, 0.6) is 5.75 Å². The van der Waals surface area contributed by atoms with Gasteiger partial charge in [-0.05, 0) is 17.9 Å². The molecule has 0 unspecified atom stereocenters. The topological polar surface area (TPSA) is 79.0 Å². The summed E-state index contributed by atoms with van der Waals surface area (Å²) in [5.74, 6) is 0.901. The maximum atomic E-state index is 10.8. The molecule has 0 aliphatic carbocycles.